The predicted octanol–water partition coefficient (Wildman–Crippen LogP) is 4.38. The fourth-order valence-corrected chi connectivity index (χ4v) is 3.66. The lowest BCUT2D eigenvalue weighted by molar-refractivity contribution is 0.0600. The number of esters is 1. The average Bonchev–Trinajstić information content (AvgIpc) is 2.67. The van der Waals surface area contributed by atoms with Gasteiger partial charge in [0.05, 0.1) is 25.8 Å². The van der Waals surface area contributed by atoms with Crippen molar-refractivity contribution in [1.29, 1.82) is 0 Å². The number of thiocarbonyl (C=S) groups is 1. The van der Waals surface area contributed by atoms with E-state index >= 15 is 0 Å². The molecule has 0 saturated carbocycles. The van der Waals surface area contributed by atoms with Crippen LogP contribution in [0, 0.1) is 6.92 Å². The molecule has 1 aliphatic heterocycles. The number of fused-ring (bicyclic) bond motifs is 1. The molecule has 0 radical (unpaired) electrons. The van der Waals surface area contributed by atoms with Gasteiger partial charge in [-0.3, -0.25) is 0 Å². The molecule has 0 bridgehead atoms. The Hall–Kier alpha value is -2.80. The summed E-state index contributed by atoms with van der Waals surface area (Å²) in [6.07, 6.45) is 0.745. The van der Waals surface area contributed by atoms with Gasteiger partial charge in [0.25, 0.3) is 0 Å². The third kappa shape index (κ3) is 4.79. The number of rotatable bonds is 4. The first-order chi connectivity index (χ1) is 13.7. The van der Waals surface area contributed by atoms with Crippen molar-refractivity contribution < 1.29 is 19.0 Å². The summed E-state index contributed by atoms with van der Waals surface area (Å²) < 4.78 is 16.2. The number of carbonyl (C=O) groups is 1. The summed E-state index contributed by atoms with van der Waals surface area (Å²) in [5.41, 5.74) is 2.86. The van der Waals surface area contributed by atoms with Crippen LogP contribution < -0.4 is 20.1 Å². The fraction of sp³-hybridized carbons (Fsp3) is 0.364. The smallest absolute Gasteiger partial charge is 0.337 e. The maximum atomic E-state index is 11.8. The number of methoxy groups -OCH3 is 2. The molecule has 6 nitrogen and oxygen atoms in total. The molecular formula is C22H26N2O4S. The fourth-order valence-electron chi connectivity index (χ4n) is 3.41. The lowest BCUT2D eigenvalue weighted by Crippen LogP contribution is -2.42. The van der Waals surface area contributed by atoms with E-state index in [1.165, 1.54) is 7.11 Å². The Kier molecular flexibility index (Phi) is 5.98. The minimum atomic E-state index is -0.388. The van der Waals surface area contributed by atoms with Gasteiger partial charge >= 0.3 is 5.97 Å². The molecule has 154 valence electrons. The Bertz CT molecular complexity index is 942. The van der Waals surface area contributed by atoms with Crippen LogP contribution in [0.5, 0.6) is 11.5 Å². The monoisotopic (exact) mass is 414 g/mol. The van der Waals surface area contributed by atoms with Crippen molar-refractivity contribution in [3.8, 4) is 11.5 Å². The van der Waals surface area contributed by atoms with E-state index in [9.17, 15) is 4.79 Å². The van der Waals surface area contributed by atoms with Crippen LogP contribution in [0.1, 0.15) is 47.8 Å². The predicted molar refractivity (Wildman–Crippen MR) is 117 cm³/mol. The van der Waals surface area contributed by atoms with Gasteiger partial charge in [-0.1, -0.05) is 6.07 Å². The van der Waals surface area contributed by atoms with E-state index in [1.807, 2.05) is 45.0 Å². The lowest BCUT2D eigenvalue weighted by Gasteiger charge is -2.38. The number of benzene rings is 2. The molecule has 0 amide bonds. The van der Waals surface area contributed by atoms with Crippen molar-refractivity contribution in [2.75, 3.05) is 19.5 Å². The third-order valence-electron chi connectivity index (χ3n) is 4.89. The number of hydrogen-bond acceptors (Lipinski definition) is 5. The molecule has 2 aromatic rings. The number of aryl methyl sites for hydroxylation is 1. The van der Waals surface area contributed by atoms with Gasteiger partial charge in [0.15, 0.2) is 5.11 Å². The van der Waals surface area contributed by atoms with Crippen molar-refractivity contribution >= 4 is 29.0 Å². The Morgan fingerprint density at radius 2 is 1.97 bits per heavy atom. The quantitative estimate of drug-likeness (QED) is 0.568. The molecule has 3 rings (SSSR count). The van der Waals surface area contributed by atoms with Crippen LogP contribution in [0.3, 0.4) is 0 Å². The summed E-state index contributed by atoms with van der Waals surface area (Å²) in [4.78, 5) is 11.8. The minimum absolute atomic E-state index is 0.0243. The first-order valence-electron chi connectivity index (χ1n) is 9.36. The van der Waals surface area contributed by atoms with E-state index in [2.05, 4.69) is 10.6 Å². The molecule has 0 aromatic heterocycles. The lowest BCUT2D eigenvalue weighted by atomic mass is 9.89. The van der Waals surface area contributed by atoms with Crippen LogP contribution in [0.2, 0.25) is 0 Å². The third-order valence-corrected chi connectivity index (χ3v) is 5.11. The maximum absolute atomic E-state index is 11.8. The number of carbonyl (C=O) groups excluding carboxylic acids is 1. The summed E-state index contributed by atoms with van der Waals surface area (Å²) >= 11 is 5.56. The Labute approximate surface area is 176 Å². The first kappa shape index (κ1) is 20.9. The second-order valence-corrected chi connectivity index (χ2v) is 8.05. The summed E-state index contributed by atoms with van der Waals surface area (Å²) in [6, 6.07) is 11.1. The topological polar surface area (TPSA) is 68.8 Å². The van der Waals surface area contributed by atoms with E-state index in [0.29, 0.717) is 10.7 Å². The molecule has 2 aromatic carbocycles. The van der Waals surface area contributed by atoms with Gasteiger partial charge in [-0.05, 0) is 62.8 Å². The van der Waals surface area contributed by atoms with E-state index in [0.717, 1.165) is 34.7 Å². The second kappa shape index (κ2) is 8.29. The van der Waals surface area contributed by atoms with Crippen LogP contribution in [0.4, 0.5) is 5.69 Å². The number of nitrogens with one attached hydrogen (secondary N) is 2. The van der Waals surface area contributed by atoms with Crippen molar-refractivity contribution in [3.63, 3.8) is 0 Å². The maximum Gasteiger partial charge on any atom is 0.337 e. The zero-order valence-electron chi connectivity index (χ0n) is 17.3. The van der Waals surface area contributed by atoms with Crippen LogP contribution in [-0.2, 0) is 4.74 Å². The molecule has 0 saturated heterocycles. The van der Waals surface area contributed by atoms with Gasteiger partial charge in [0, 0.05) is 23.7 Å². The molecule has 1 heterocycles. The van der Waals surface area contributed by atoms with E-state index in [1.54, 1.807) is 19.2 Å². The molecule has 0 spiro atoms. The zero-order valence-corrected chi connectivity index (χ0v) is 18.1. The molecule has 1 aliphatic rings. The highest BCUT2D eigenvalue weighted by Crippen LogP contribution is 2.41. The number of hydrogen-bond donors (Lipinski definition) is 2. The van der Waals surface area contributed by atoms with Crippen molar-refractivity contribution in [2.24, 2.45) is 0 Å². The molecule has 29 heavy (non-hydrogen) atoms. The molecule has 2 N–H and O–H groups in total. The molecule has 0 fully saturated rings. The van der Waals surface area contributed by atoms with E-state index < -0.39 is 0 Å². The molecule has 0 unspecified atom stereocenters. The standard InChI is InChI=1S/C22H26N2O4S/c1-13-6-7-14(20(25)27-5)10-17(13)23-21(29)24-18-12-22(2,3)28-19-11-15(26-4)8-9-16(18)19/h6-11,18H,12H2,1-5H3,(H2,23,24,29)/t18-/m0/s1. The van der Waals surface area contributed by atoms with Crippen molar-refractivity contribution in [2.45, 2.75) is 38.8 Å². The second-order valence-electron chi connectivity index (χ2n) is 7.64. The van der Waals surface area contributed by atoms with Gasteiger partial charge in [-0.25, -0.2) is 4.79 Å². The van der Waals surface area contributed by atoms with Gasteiger partial charge in [0.1, 0.15) is 17.1 Å². The van der Waals surface area contributed by atoms with Crippen LogP contribution in [0.25, 0.3) is 0 Å². The highest BCUT2D eigenvalue weighted by molar-refractivity contribution is 7.80. The normalized spacial score (nSPS) is 16.8. The summed E-state index contributed by atoms with van der Waals surface area (Å²) in [6.45, 7) is 6.04. The minimum Gasteiger partial charge on any atom is -0.497 e. The highest BCUT2D eigenvalue weighted by Gasteiger charge is 2.34. The molecule has 1 atom stereocenters. The Balaban J connectivity index is 1.80. The largest absolute Gasteiger partial charge is 0.497 e. The SMILES string of the molecule is COC(=O)c1ccc(C)c(NC(=S)N[C@H]2CC(C)(C)Oc3cc(OC)ccc32)c1. The van der Waals surface area contributed by atoms with E-state index in [4.69, 9.17) is 26.4 Å². The van der Waals surface area contributed by atoms with Gasteiger partial charge < -0.3 is 24.8 Å². The van der Waals surface area contributed by atoms with Crippen molar-refractivity contribution in [3.05, 3.63) is 53.1 Å². The van der Waals surface area contributed by atoms with Gasteiger partial charge in [0.2, 0.25) is 0 Å². The van der Waals surface area contributed by atoms with Gasteiger partial charge in [-0.15, -0.1) is 0 Å². The molecular weight excluding hydrogens is 388 g/mol. The van der Waals surface area contributed by atoms with Crippen LogP contribution >= 0.6 is 12.2 Å². The van der Waals surface area contributed by atoms with Crippen LogP contribution in [-0.4, -0.2) is 30.9 Å². The Morgan fingerprint density at radius 3 is 2.66 bits per heavy atom. The summed E-state index contributed by atoms with van der Waals surface area (Å²) in [5, 5.41) is 7.07. The number of anilines is 1. The Morgan fingerprint density at radius 1 is 1.21 bits per heavy atom. The molecule has 7 heteroatoms. The first-order valence-corrected chi connectivity index (χ1v) is 9.76. The number of ether oxygens (including phenoxy) is 3. The summed E-state index contributed by atoms with van der Waals surface area (Å²) in [7, 11) is 3.00. The average molecular weight is 415 g/mol. The van der Waals surface area contributed by atoms with Gasteiger partial charge in [-0.2, -0.15) is 0 Å². The van der Waals surface area contributed by atoms with Crippen LogP contribution in [0.15, 0.2) is 36.4 Å². The van der Waals surface area contributed by atoms with Crippen molar-refractivity contribution in [1.82, 2.24) is 5.32 Å². The zero-order chi connectivity index (χ0) is 21.2. The summed E-state index contributed by atoms with van der Waals surface area (Å²) in [5.74, 6) is 1.14. The van der Waals surface area contributed by atoms with E-state index in [-0.39, 0.29) is 17.6 Å². The molecule has 0 aliphatic carbocycles. The highest BCUT2D eigenvalue weighted by atomic mass is 32.1.